The quantitative estimate of drug-likeness (QED) is 0.864. The summed E-state index contributed by atoms with van der Waals surface area (Å²) in [6, 6.07) is 3.84. The van der Waals surface area contributed by atoms with Crippen LogP contribution >= 0.6 is 15.9 Å². The van der Waals surface area contributed by atoms with E-state index in [-0.39, 0.29) is 24.1 Å². The van der Waals surface area contributed by atoms with Crippen molar-refractivity contribution in [1.82, 2.24) is 4.90 Å². The first-order valence-electron chi connectivity index (χ1n) is 6.08. The molecule has 0 saturated carbocycles. The molecule has 1 heterocycles. The summed E-state index contributed by atoms with van der Waals surface area (Å²) in [4.78, 5) is 25.0. The number of hydrogen-bond acceptors (Lipinski definition) is 3. The molecule has 1 aliphatic heterocycles. The number of amides is 2. The van der Waals surface area contributed by atoms with Crippen LogP contribution in [0.1, 0.15) is 19.8 Å². The molecular formula is C13H14BrFN2O2. The minimum absolute atomic E-state index is 0.147. The second kappa shape index (κ2) is 5.69. The fraction of sp³-hybridized carbons (Fsp3) is 0.385. The number of rotatable bonds is 4. The highest BCUT2D eigenvalue weighted by Crippen LogP contribution is 2.23. The van der Waals surface area contributed by atoms with Crippen molar-refractivity contribution < 1.29 is 14.0 Å². The van der Waals surface area contributed by atoms with Gasteiger partial charge in [0.25, 0.3) is 5.91 Å². The Bertz CT molecular complexity index is 521. The van der Waals surface area contributed by atoms with Crippen molar-refractivity contribution in [3.05, 3.63) is 28.5 Å². The van der Waals surface area contributed by atoms with E-state index in [1.54, 1.807) is 12.1 Å². The van der Waals surface area contributed by atoms with Gasteiger partial charge < -0.3 is 5.32 Å². The molecular weight excluding hydrogens is 315 g/mol. The lowest BCUT2D eigenvalue weighted by molar-refractivity contribution is -0.138. The number of nitrogens with zero attached hydrogens (tertiary/aromatic N) is 1. The van der Waals surface area contributed by atoms with Crippen molar-refractivity contribution in [1.29, 1.82) is 0 Å². The normalized spacial score (nSPS) is 19.1. The van der Waals surface area contributed by atoms with Crippen LogP contribution in [0.25, 0.3) is 0 Å². The minimum atomic E-state index is -0.559. The van der Waals surface area contributed by atoms with Crippen molar-refractivity contribution in [2.45, 2.75) is 25.8 Å². The molecule has 1 atom stereocenters. The first-order valence-corrected chi connectivity index (χ1v) is 6.88. The number of halogens is 2. The second-order valence-electron chi connectivity index (χ2n) is 4.41. The van der Waals surface area contributed by atoms with Crippen molar-refractivity contribution in [2.24, 2.45) is 0 Å². The summed E-state index contributed by atoms with van der Waals surface area (Å²) in [6.07, 6.45) is 0.889. The Balaban J connectivity index is 2.09. The Morgan fingerprint density at radius 1 is 1.47 bits per heavy atom. The third kappa shape index (κ3) is 2.94. The van der Waals surface area contributed by atoms with Crippen LogP contribution in [-0.4, -0.2) is 29.3 Å². The van der Waals surface area contributed by atoms with Crippen molar-refractivity contribution >= 4 is 33.4 Å². The zero-order valence-corrected chi connectivity index (χ0v) is 12.0. The lowest BCUT2D eigenvalue weighted by Gasteiger charge is -2.15. The fourth-order valence-electron chi connectivity index (χ4n) is 2.04. The van der Waals surface area contributed by atoms with E-state index in [1.807, 2.05) is 6.92 Å². The predicted molar refractivity (Wildman–Crippen MR) is 73.1 cm³/mol. The predicted octanol–water partition coefficient (Wildman–Crippen LogP) is 2.54. The average Bonchev–Trinajstić information content (AvgIpc) is 2.62. The number of benzene rings is 1. The summed E-state index contributed by atoms with van der Waals surface area (Å²) in [5.41, 5.74) is 0.609. The lowest BCUT2D eigenvalue weighted by Crippen LogP contribution is -2.35. The van der Waals surface area contributed by atoms with Crippen molar-refractivity contribution in [3.8, 4) is 0 Å². The molecule has 1 N–H and O–H groups in total. The topological polar surface area (TPSA) is 49.4 Å². The van der Waals surface area contributed by atoms with E-state index in [9.17, 15) is 14.0 Å². The summed E-state index contributed by atoms with van der Waals surface area (Å²) in [5.74, 6) is -0.746. The largest absolute Gasteiger partial charge is 0.373 e. The Kier molecular flexibility index (Phi) is 4.19. The van der Waals surface area contributed by atoms with E-state index in [4.69, 9.17) is 0 Å². The van der Waals surface area contributed by atoms with Gasteiger partial charge in [0.05, 0.1) is 10.9 Å². The number of hydrogen-bond donors (Lipinski definition) is 1. The van der Waals surface area contributed by atoms with Gasteiger partial charge in [-0.2, -0.15) is 0 Å². The van der Waals surface area contributed by atoms with Gasteiger partial charge in [0.1, 0.15) is 11.9 Å². The molecule has 2 rings (SSSR count). The molecule has 1 unspecified atom stereocenters. The highest BCUT2D eigenvalue weighted by Gasteiger charge is 2.37. The standard InChI is InChI=1S/C13H14BrFN2O2/c1-2-5-17-12(18)7-11(13(17)19)16-8-3-4-10(15)9(14)6-8/h3-4,6,11,16H,2,5,7H2,1H3. The molecule has 0 spiro atoms. The van der Waals surface area contributed by atoms with E-state index >= 15 is 0 Å². The summed E-state index contributed by atoms with van der Waals surface area (Å²) < 4.78 is 13.4. The Hall–Kier alpha value is -1.43. The molecule has 1 saturated heterocycles. The first kappa shape index (κ1) is 14.0. The van der Waals surface area contributed by atoms with Crippen molar-refractivity contribution in [2.75, 3.05) is 11.9 Å². The molecule has 0 aliphatic carbocycles. The third-order valence-corrected chi connectivity index (χ3v) is 3.56. The number of likely N-dealkylation sites (tertiary alicyclic amines) is 1. The highest BCUT2D eigenvalue weighted by atomic mass is 79.9. The van der Waals surface area contributed by atoms with Gasteiger partial charge in [-0.15, -0.1) is 0 Å². The van der Waals surface area contributed by atoms with E-state index in [1.165, 1.54) is 11.0 Å². The van der Waals surface area contributed by atoms with E-state index in [0.717, 1.165) is 6.42 Å². The molecule has 1 fully saturated rings. The summed E-state index contributed by atoms with van der Waals surface area (Å²) >= 11 is 3.08. The molecule has 1 aromatic rings. The second-order valence-corrected chi connectivity index (χ2v) is 5.27. The number of anilines is 1. The van der Waals surface area contributed by atoms with Crippen LogP contribution in [0.5, 0.6) is 0 Å². The van der Waals surface area contributed by atoms with Crippen LogP contribution in [-0.2, 0) is 9.59 Å². The number of carbonyl (C=O) groups excluding carboxylic acids is 2. The molecule has 0 radical (unpaired) electrons. The van der Waals surface area contributed by atoms with Gasteiger partial charge in [0.2, 0.25) is 5.91 Å². The number of carbonyl (C=O) groups is 2. The molecule has 4 nitrogen and oxygen atoms in total. The summed E-state index contributed by atoms with van der Waals surface area (Å²) in [5, 5.41) is 2.97. The summed E-state index contributed by atoms with van der Waals surface area (Å²) in [6.45, 7) is 2.36. The van der Waals surface area contributed by atoms with Gasteiger partial charge in [-0.3, -0.25) is 14.5 Å². The van der Waals surface area contributed by atoms with E-state index in [0.29, 0.717) is 16.7 Å². The monoisotopic (exact) mass is 328 g/mol. The van der Waals surface area contributed by atoms with Gasteiger partial charge in [-0.05, 0) is 40.5 Å². The van der Waals surface area contributed by atoms with Crippen LogP contribution in [0.3, 0.4) is 0 Å². The maximum atomic E-state index is 13.1. The molecule has 102 valence electrons. The van der Waals surface area contributed by atoms with Gasteiger partial charge in [0, 0.05) is 12.2 Å². The van der Waals surface area contributed by atoms with Gasteiger partial charge >= 0.3 is 0 Å². The molecule has 19 heavy (non-hydrogen) atoms. The minimum Gasteiger partial charge on any atom is -0.373 e. The molecule has 6 heteroatoms. The van der Waals surface area contributed by atoms with Crippen LogP contribution in [0.4, 0.5) is 10.1 Å². The SMILES string of the molecule is CCCN1C(=O)CC(Nc2ccc(F)c(Br)c2)C1=O. The zero-order valence-electron chi connectivity index (χ0n) is 10.5. The fourth-order valence-corrected chi connectivity index (χ4v) is 2.42. The molecule has 1 aliphatic rings. The molecule has 1 aromatic carbocycles. The lowest BCUT2D eigenvalue weighted by atomic mass is 10.2. The average molecular weight is 329 g/mol. The Morgan fingerprint density at radius 2 is 2.21 bits per heavy atom. The van der Waals surface area contributed by atoms with Gasteiger partial charge in [0.15, 0.2) is 0 Å². The number of imide groups is 1. The van der Waals surface area contributed by atoms with Crippen LogP contribution in [0.2, 0.25) is 0 Å². The molecule has 2 amide bonds. The summed E-state index contributed by atoms with van der Waals surface area (Å²) in [7, 11) is 0. The first-order chi connectivity index (χ1) is 9.02. The van der Waals surface area contributed by atoms with E-state index in [2.05, 4.69) is 21.2 Å². The maximum Gasteiger partial charge on any atom is 0.252 e. The third-order valence-electron chi connectivity index (χ3n) is 2.95. The van der Waals surface area contributed by atoms with Crippen LogP contribution in [0, 0.1) is 5.82 Å². The smallest absolute Gasteiger partial charge is 0.252 e. The van der Waals surface area contributed by atoms with Gasteiger partial charge in [-0.25, -0.2) is 4.39 Å². The molecule has 0 aromatic heterocycles. The molecule has 0 bridgehead atoms. The maximum absolute atomic E-state index is 13.1. The van der Waals surface area contributed by atoms with Gasteiger partial charge in [-0.1, -0.05) is 6.92 Å². The van der Waals surface area contributed by atoms with E-state index < -0.39 is 6.04 Å². The van der Waals surface area contributed by atoms with Crippen LogP contribution < -0.4 is 5.32 Å². The Morgan fingerprint density at radius 3 is 2.84 bits per heavy atom. The van der Waals surface area contributed by atoms with Crippen molar-refractivity contribution in [3.63, 3.8) is 0 Å². The van der Waals surface area contributed by atoms with Crippen LogP contribution in [0.15, 0.2) is 22.7 Å². The Labute approximate surface area is 119 Å². The number of nitrogens with one attached hydrogen (secondary N) is 1. The zero-order chi connectivity index (χ0) is 14.0. The highest BCUT2D eigenvalue weighted by molar-refractivity contribution is 9.10.